The van der Waals surface area contributed by atoms with Gasteiger partial charge in [0.05, 0.1) is 0 Å². The predicted molar refractivity (Wildman–Crippen MR) is 67.1 cm³/mol. The Hall–Kier alpha value is -0.0500. The zero-order valence-electron chi connectivity index (χ0n) is 9.98. The highest BCUT2D eigenvalue weighted by molar-refractivity contribution is 9.09. The molecule has 0 saturated heterocycles. The molecule has 1 amide bonds. The van der Waals surface area contributed by atoms with E-state index in [-0.39, 0.29) is 17.4 Å². The van der Waals surface area contributed by atoms with Crippen molar-refractivity contribution in [2.75, 3.05) is 5.33 Å². The number of carbonyl (C=O) groups excluding carboxylic acids is 1. The number of hydrogen-bond acceptors (Lipinski definition) is 1. The summed E-state index contributed by atoms with van der Waals surface area (Å²) in [5.74, 6) is 1.08. The van der Waals surface area contributed by atoms with Crippen molar-refractivity contribution < 1.29 is 4.79 Å². The van der Waals surface area contributed by atoms with Gasteiger partial charge in [0.2, 0.25) is 5.91 Å². The van der Waals surface area contributed by atoms with Crippen LogP contribution in [0.2, 0.25) is 0 Å². The molecule has 1 unspecified atom stereocenters. The normalized spacial score (nSPS) is 18.7. The standard InChI is InChI=1S/C12H22BrNO/c1-4-12(5-2,8-13)14-11(15)9(3)10-6-7-10/h9-10H,4-8H2,1-3H3,(H,14,15). The summed E-state index contributed by atoms with van der Waals surface area (Å²) in [6, 6.07) is 0. The van der Waals surface area contributed by atoms with E-state index in [9.17, 15) is 4.79 Å². The molecule has 1 rings (SSSR count). The molecule has 0 aromatic rings. The predicted octanol–water partition coefficient (Wildman–Crippen LogP) is 3.10. The third-order valence-corrected chi connectivity index (χ3v) is 4.81. The Morgan fingerprint density at radius 1 is 1.47 bits per heavy atom. The minimum Gasteiger partial charge on any atom is -0.350 e. The van der Waals surface area contributed by atoms with Gasteiger partial charge in [-0.1, -0.05) is 36.7 Å². The summed E-state index contributed by atoms with van der Waals surface area (Å²) in [5, 5.41) is 4.06. The highest BCUT2D eigenvalue weighted by atomic mass is 79.9. The van der Waals surface area contributed by atoms with Gasteiger partial charge in [0, 0.05) is 16.8 Å². The number of nitrogens with one attached hydrogen (secondary N) is 1. The Morgan fingerprint density at radius 2 is 2.00 bits per heavy atom. The third-order valence-electron chi connectivity index (χ3n) is 3.74. The first kappa shape index (κ1) is 13.0. The smallest absolute Gasteiger partial charge is 0.223 e. The lowest BCUT2D eigenvalue weighted by Gasteiger charge is -2.32. The van der Waals surface area contributed by atoms with Gasteiger partial charge in [0.15, 0.2) is 0 Å². The van der Waals surface area contributed by atoms with E-state index in [1.165, 1.54) is 12.8 Å². The lowest BCUT2D eigenvalue weighted by molar-refractivity contribution is -0.126. The van der Waals surface area contributed by atoms with Crippen molar-refractivity contribution >= 4 is 21.8 Å². The van der Waals surface area contributed by atoms with Gasteiger partial charge in [0.25, 0.3) is 0 Å². The second-order valence-corrected chi connectivity index (χ2v) is 5.30. The van der Waals surface area contributed by atoms with Gasteiger partial charge in [-0.15, -0.1) is 0 Å². The Labute approximate surface area is 101 Å². The zero-order valence-corrected chi connectivity index (χ0v) is 11.6. The molecule has 1 aliphatic rings. The second kappa shape index (κ2) is 5.33. The van der Waals surface area contributed by atoms with Crippen LogP contribution in [0.4, 0.5) is 0 Å². The second-order valence-electron chi connectivity index (χ2n) is 4.74. The van der Waals surface area contributed by atoms with Gasteiger partial charge in [-0.3, -0.25) is 4.79 Å². The summed E-state index contributed by atoms with van der Waals surface area (Å²) >= 11 is 3.51. The van der Waals surface area contributed by atoms with E-state index in [2.05, 4.69) is 42.0 Å². The average molecular weight is 276 g/mol. The SMILES string of the molecule is CCC(CC)(CBr)NC(=O)C(C)C1CC1. The largest absolute Gasteiger partial charge is 0.350 e. The van der Waals surface area contributed by atoms with Crippen molar-refractivity contribution in [1.29, 1.82) is 0 Å². The molecule has 1 N–H and O–H groups in total. The van der Waals surface area contributed by atoms with E-state index in [0.717, 1.165) is 18.2 Å². The molecule has 3 heteroatoms. The van der Waals surface area contributed by atoms with Crippen molar-refractivity contribution in [2.45, 2.75) is 52.0 Å². The van der Waals surface area contributed by atoms with Crippen LogP contribution in [0.5, 0.6) is 0 Å². The molecular weight excluding hydrogens is 254 g/mol. The fourth-order valence-corrected chi connectivity index (χ4v) is 2.77. The summed E-state index contributed by atoms with van der Waals surface area (Å²) in [7, 11) is 0. The fraction of sp³-hybridized carbons (Fsp3) is 0.917. The monoisotopic (exact) mass is 275 g/mol. The summed E-state index contributed by atoms with van der Waals surface area (Å²) in [6.45, 7) is 6.32. The topological polar surface area (TPSA) is 29.1 Å². The first-order chi connectivity index (χ1) is 7.08. The Kier molecular flexibility index (Phi) is 4.63. The molecule has 0 heterocycles. The van der Waals surface area contributed by atoms with Crippen molar-refractivity contribution in [3.8, 4) is 0 Å². The van der Waals surface area contributed by atoms with Crippen molar-refractivity contribution in [3.05, 3.63) is 0 Å². The van der Waals surface area contributed by atoms with E-state index in [1.807, 2.05) is 0 Å². The maximum Gasteiger partial charge on any atom is 0.223 e. The molecule has 0 spiro atoms. The van der Waals surface area contributed by atoms with Crippen molar-refractivity contribution in [1.82, 2.24) is 5.32 Å². The van der Waals surface area contributed by atoms with Gasteiger partial charge in [0.1, 0.15) is 0 Å². The van der Waals surface area contributed by atoms with Crippen molar-refractivity contribution in [3.63, 3.8) is 0 Å². The van der Waals surface area contributed by atoms with Crippen LogP contribution >= 0.6 is 15.9 Å². The molecule has 0 bridgehead atoms. The number of carbonyl (C=O) groups is 1. The van der Waals surface area contributed by atoms with Crippen LogP contribution in [0.15, 0.2) is 0 Å². The average Bonchev–Trinajstić information content (AvgIpc) is 3.08. The molecule has 88 valence electrons. The highest BCUT2D eigenvalue weighted by Gasteiger charge is 2.35. The molecule has 0 radical (unpaired) electrons. The Morgan fingerprint density at radius 3 is 2.33 bits per heavy atom. The highest BCUT2D eigenvalue weighted by Crippen LogP contribution is 2.37. The third kappa shape index (κ3) is 3.20. The van der Waals surface area contributed by atoms with Gasteiger partial charge in [-0.25, -0.2) is 0 Å². The maximum atomic E-state index is 12.0. The molecule has 1 saturated carbocycles. The van der Waals surface area contributed by atoms with Crippen molar-refractivity contribution in [2.24, 2.45) is 11.8 Å². The molecular formula is C12H22BrNO. The maximum absolute atomic E-state index is 12.0. The Balaban J connectivity index is 2.52. The lowest BCUT2D eigenvalue weighted by Crippen LogP contribution is -2.51. The molecule has 2 nitrogen and oxygen atoms in total. The summed E-state index contributed by atoms with van der Waals surface area (Å²) in [4.78, 5) is 12.0. The summed E-state index contributed by atoms with van der Waals surface area (Å²) < 4.78 is 0. The zero-order chi connectivity index (χ0) is 11.5. The molecule has 1 fully saturated rings. The number of halogens is 1. The van der Waals surface area contributed by atoms with Gasteiger partial charge in [-0.2, -0.15) is 0 Å². The lowest BCUT2D eigenvalue weighted by atomic mass is 9.93. The van der Waals surface area contributed by atoms with E-state index in [0.29, 0.717) is 5.92 Å². The van der Waals surface area contributed by atoms with Gasteiger partial charge >= 0.3 is 0 Å². The molecule has 0 aromatic carbocycles. The van der Waals surface area contributed by atoms with Crippen LogP contribution in [0.1, 0.15) is 46.5 Å². The van der Waals surface area contributed by atoms with Crippen LogP contribution in [0.3, 0.4) is 0 Å². The minimum absolute atomic E-state index is 0.0414. The Bertz CT molecular complexity index is 213. The van der Waals surface area contributed by atoms with E-state index in [4.69, 9.17) is 0 Å². The van der Waals surface area contributed by atoms with Crippen LogP contribution in [-0.2, 0) is 4.79 Å². The first-order valence-electron chi connectivity index (χ1n) is 5.96. The van der Waals surface area contributed by atoms with Crippen LogP contribution in [0.25, 0.3) is 0 Å². The summed E-state index contributed by atoms with van der Waals surface area (Å²) in [6.07, 6.45) is 4.43. The number of hydrogen-bond donors (Lipinski definition) is 1. The molecule has 1 atom stereocenters. The molecule has 15 heavy (non-hydrogen) atoms. The number of alkyl halides is 1. The van der Waals surface area contributed by atoms with E-state index in [1.54, 1.807) is 0 Å². The van der Waals surface area contributed by atoms with Crippen LogP contribution in [0, 0.1) is 11.8 Å². The van der Waals surface area contributed by atoms with Crippen LogP contribution in [-0.4, -0.2) is 16.8 Å². The fourth-order valence-electron chi connectivity index (χ4n) is 1.83. The van der Waals surface area contributed by atoms with E-state index >= 15 is 0 Å². The van der Waals surface area contributed by atoms with Gasteiger partial charge in [-0.05, 0) is 31.6 Å². The molecule has 1 aliphatic carbocycles. The van der Waals surface area contributed by atoms with Gasteiger partial charge < -0.3 is 5.32 Å². The summed E-state index contributed by atoms with van der Waals surface area (Å²) in [5.41, 5.74) is -0.0414. The minimum atomic E-state index is -0.0414. The first-order valence-corrected chi connectivity index (χ1v) is 7.08. The molecule has 0 aromatic heterocycles. The quantitative estimate of drug-likeness (QED) is 0.742. The number of rotatable bonds is 6. The molecule has 0 aliphatic heterocycles. The van der Waals surface area contributed by atoms with Crippen LogP contribution < -0.4 is 5.32 Å². The van der Waals surface area contributed by atoms with E-state index < -0.39 is 0 Å². The number of amides is 1.